The molecule has 3 heterocycles. The average molecular weight is 450 g/mol. The average Bonchev–Trinajstić information content (AvgIpc) is 3.36. The molecule has 6 nitrogen and oxygen atoms in total. The maximum absolute atomic E-state index is 13.5. The Morgan fingerprint density at radius 3 is 2.55 bits per heavy atom. The van der Waals surface area contributed by atoms with E-state index >= 15 is 0 Å². The van der Waals surface area contributed by atoms with E-state index in [4.69, 9.17) is 4.74 Å². The maximum atomic E-state index is 13.5. The summed E-state index contributed by atoms with van der Waals surface area (Å²) >= 11 is 0. The van der Waals surface area contributed by atoms with Crippen molar-refractivity contribution < 1.29 is 13.5 Å². The zero-order valence-corrected chi connectivity index (χ0v) is 18.0. The molecule has 1 aliphatic rings. The first-order valence-electron chi connectivity index (χ1n) is 10.9. The Hall–Kier alpha value is -3.52. The molecule has 0 saturated carbocycles. The van der Waals surface area contributed by atoms with Crippen molar-refractivity contribution in [3.05, 3.63) is 88.8 Å². The largest absolute Gasteiger partial charge is 0.489 e. The van der Waals surface area contributed by atoms with Crippen molar-refractivity contribution in [1.82, 2.24) is 19.2 Å². The van der Waals surface area contributed by atoms with Gasteiger partial charge in [-0.15, -0.1) is 0 Å². The Labute approximate surface area is 189 Å². The van der Waals surface area contributed by atoms with E-state index in [0.717, 1.165) is 16.5 Å². The summed E-state index contributed by atoms with van der Waals surface area (Å²) in [6.07, 6.45) is 1.55. The van der Waals surface area contributed by atoms with Crippen LogP contribution in [-0.4, -0.2) is 44.8 Å². The third-order valence-electron chi connectivity index (χ3n) is 5.88. The number of hydrogen-bond donors (Lipinski definition) is 0. The molecule has 0 aliphatic carbocycles. The van der Waals surface area contributed by atoms with E-state index in [-0.39, 0.29) is 18.5 Å². The fourth-order valence-electron chi connectivity index (χ4n) is 4.16. The molecule has 0 unspecified atom stereocenters. The molecular formula is C25H24F2N4O2. The first kappa shape index (κ1) is 21.3. The fourth-order valence-corrected chi connectivity index (χ4v) is 4.16. The predicted molar refractivity (Wildman–Crippen MR) is 122 cm³/mol. The number of halogens is 2. The van der Waals surface area contributed by atoms with Crippen molar-refractivity contribution >= 4 is 10.9 Å². The van der Waals surface area contributed by atoms with Gasteiger partial charge in [-0.3, -0.25) is 18.9 Å². The summed E-state index contributed by atoms with van der Waals surface area (Å²) < 4.78 is 36.1. The molecule has 0 spiro atoms. The van der Waals surface area contributed by atoms with Crippen LogP contribution in [0.5, 0.6) is 5.75 Å². The van der Waals surface area contributed by atoms with E-state index in [2.05, 4.69) is 5.10 Å². The highest BCUT2D eigenvalue weighted by Gasteiger charge is 2.37. The minimum Gasteiger partial charge on any atom is -0.489 e. The van der Waals surface area contributed by atoms with E-state index in [1.807, 2.05) is 54.6 Å². The van der Waals surface area contributed by atoms with Gasteiger partial charge in [0.2, 0.25) is 0 Å². The van der Waals surface area contributed by atoms with Gasteiger partial charge in [0.15, 0.2) is 5.82 Å². The van der Waals surface area contributed by atoms with Crippen LogP contribution in [0, 0.1) is 0 Å². The number of pyridine rings is 1. The lowest BCUT2D eigenvalue weighted by Crippen LogP contribution is -2.28. The quantitative estimate of drug-likeness (QED) is 0.425. The minimum atomic E-state index is -2.62. The topological polar surface area (TPSA) is 52.3 Å². The minimum absolute atomic E-state index is 0.105. The van der Waals surface area contributed by atoms with Crippen molar-refractivity contribution in [2.24, 2.45) is 0 Å². The van der Waals surface area contributed by atoms with Gasteiger partial charge in [-0.2, -0.15) is 5.10 Å². The fraction of sp³-hybridized carbons (Fsp3) is 0.280. The van der Waals surface area contributed by atoms with E-state index in [1.165, 1.54) is 10.6 Å². The normalized spacial score (nSPS) is 15.8. The first-order chi connectivity index (χ1) is 16.0. The summed E-state index contributed by atoms with van der Waals surface area (Å²) in [6.45, 7) is 1.47. The van der Waals surface area contributed by atoms with Gasteiger partial charge in [0.25, 0.3) is 11.5 Å². The van der Waals surface area contributed by atoms with Gasteiger partial charge in [0, 0.05) is 37.2 Å². The number of fused-ring (bicyclic) bond motifs is 1. The van der Waals surface area contributed by atoms with Crippen molar-refractivity contribution in [3.63, 3.8) is 0 Å². The molecule has 0 amide bonds. The summed E-state index contributed by atoms with van der Waals surface area (Å²) in [4.78, 5) is 14.6. The highest BCUT2D eigenvalue weighted by molar-refractivity contribution is 5.86. The first-order valence-corrected chi connectivity index (χ1v) is 10.9. The molecular weight excluding hydrogens is 426 g/mol. The van der Waals surface area contributed by atoms with E-state index < -0.39 is 5.92 Å². The molecule has 0 bridgehead atoms. The number of likely N-dealkylation sites (tertiary alicyclic amines) is 1. The van der Waals surface area contributed by atoms with Gasteiger partial charge in [-0.05, 0) is 23.8 Å². The smallest absolute Gasteiger partial charge is 0.261 e. The van der Waals surface area contributed by atoms with Crippen molar-refractivity contribution in [3.8, 4) is 11.6 Å². The van der Waals surface area contributed by atoms with Gasteiger partial charge in [-0.1, -0.05) is 42.5 Å². The van der Waals surface area contributed by atoms with Crippen LogP contribution in [0.25, 0.3) is 16.7 Å². The predicted octanol–water partition coefficient (Wildman–Crippen LogP) is 4.11. The van der Waals surface area contributed by atoms with Gasteiger partial charge < -0.3 is 4.74 Å². The summed E-state index contributed by atoms with van der Waals surface area (Å²) in [5.74, 6) is -1.62. The molecule has 33 heavy (non-hydrogen) atoms. The summed E-state index contributed by atoms with van der Waals surface area (Å²) in [5, 5.41) is 5.49. The summed E-state index contributed by atoms with van der Waals surface area (Å²) in [5.41, 5.74) is 1.62. The zero-order valence-electron chi connectivity index (χ0n) is 18.0. The van der Waals surface area contributed by atoms with Crippen LogP contribution < -0.4 is 10.3 Å². The van der Waals surface area contributed by atoms with E-state index in [0.29, 0.717) is 37.8 Å². The third-order valence-corrected chi connectivity index (χ3v) is 5.88. The van der Waals surface area contributed by atoms with Crippen molar-refractivity contribution in [1.29, 1.82) is 0 Å². The van der Waals surface area contributed by atoms with Crippen LogP contribution in [0.1, 0.15) is 12.0 Å². The molecule has 170 valence electrons. The Morgan fingerprint density at radius 1 is 1.00 bits per heavy atom. The van der Waals surface area contributed by atoms with Crippen LogP contribution in [0.4, 0.5) is 8.78 Å². The summed E-state index contributed by atoms with van der Waals surface area (Å²) in [6, 6.07) is 20.5. The number of rotatable bonds is 7. The molecule has 0 atom stereocenters. The number of alkyl halides is 2. The molecule has 5 rings (SSSR count). The van der Waals surface area contributed by atoms with Crippen LogP contribution >= 0.6 is 0 Å². The maximum Gasteiger partial charge on any atom is 0.261 e. The second-order valence-electron chi connectivity index (χ2n) is 8.29. The third kappa shape index (κ3) is 4.66. The Balaban J connectivity index is 1.37. The van der Waals surface area contributed by atoms with Crippen LogP contribution in [-0.2, 0) is 13.2 Å². The van der Waals surface area contributed by atoms with Crippen LogP contribution in [0.3, 0.4) is 0 Å². The van der Waals surface area contributed by atoms with Crippen molar-refractivity contribution in [2.75, 3.05) is 19.6 Å². The number of nitrogens with zero attached hydrogens (tertiary/aromatic N) is 4. The van der Waals surface area contributed by atoms with Gasteiger partial charge in [-0.25, -0.2) is 8.78 Å². The molecule has 0 N–H and O–H groups in total. The lowest BCUT2D eigenvalue weighted by atomic mass is 10.2. The highest BCUT2D eigenvalue weighted by Crippen LogP contribution is 2.27. The number of benzene rings is 2. The molecule has 1 saturated heterocycles. The molecule has 2 aromatic heterocycles. The number of hydrogen-bond acceptors (Lipinski definition) is 4. The lowest BCUT2D eigenvalue weighted by molar-refractivity contribution is 0.0119. The second kappa shape index (κ2) is 8.78. The molecule has 2 aromatic carbocycles. The Bertz CT molecular complexity index is 1320. The standard InChI is InChI=1S/C25H24F2N4O2/c26-25(27)11-13-29(18-25)14-15-31-22-9-5-4-8-21(22)24(28-31)30-12-10-20(16-23(30)32)33-17-19-6-2-1-3-7-19/h1-10,12,16H,11,13-15,17-18H2. The Morgan fingerprint density at radius 2 is 1.79 bits per heavy atom. The monoisotopic (exact) mass is 450 g/mol. The molecule has 1 fully saturated rings. The molecule has 0 radical (unpaired) electrons. The molecule has 8 heteroatoms. The Kier molecular flexibility index (Phi) is 5.68. The lowest BCUT2D eigenvalue weighted by Gasteiger charge is -2.15. The number of ether oxygens (including phenoxy) is 1. The second-order valence-corrected chi connectivity index (χ2v) is 8.29. The van der Waals surface area contributed by atoms with Crippen LogP contribution in [0.2, 0.25) is 0 Å². The SMILES string of the molecule is O=c1cc(OCc2ccccc2)ccn1-c1nn(CCN2CCC(F)(F)C2)c2ccccc12. The molecule has 1 aliphatic heterocycles. The number of para-hydroxylation sites is 1. The molecule has 4 aromatic rings. The van der Waals surface area contributed by atoms with Gasteiger partial charge in [0.05, 0.1) is 18.6 Å². The zero-order chi connectivity index (χ0) is 22.8. The number of aromatic nitrogens is 3. The summed E-state index contributed by atoms with van der Waals surface area (Å²) in [7, 11) is 0. The van der Waals surface area contributed by atoms with Crippen molar-refractivity contribution in [2.45, 2.75) is 25.5 Å². The van der Waals surface area contributed by atoms with Gasteiger partial charge in [0.1, 0.15) is 12.4 Å². The van der Waals surface area contributed by atoms with Gasteiger partial charge >= 0.3 is 0 Å². The van der Waals surface area contributed by atoms with E-state index in [9.17, 15) is 13.6 Å². The highest BCUT2D eigenvalue weighted by atomic mass is 19.3. The van der Waals surface area contributed by atoms with E-state index in [1.54, 1.807) is 21.8 Å². The van der Waals surface area contributed by atoms with Crippen LogP contribution in [0.15, 0.2) is 77.7 Å².